The Labute approximate surface area is 160 Å². The first-order valence-corrected chi connectivity index (χ1v) is 10.5. The number of rotatable bonds is 7. The second-order valence-corrected chi connectivity index (χ2v) is 8.64. The lowest BCUT2D eigenvalue weighted by atomic mass is 10.1. The molecule has 1 N–H and O–H groups in total. The van der Waals surface area contributed by atoms with Gasteiger partial charge in [-0.1, -0.05) is 29.8 Å². The molecular formula is C20H25FN2O3S. The zero-order chi connectivity index (χ0) is 20.2. The Bertz CT molecular complexity index is 902. The van der Waals surface area contributed by atoms with Crippen LogP contribution in [0.25, 0.3) is 0 Å². The molecule has 2 aromatic carbocycles. The summed E-state index contributed by atoms with van der Waals surface area (Å²) >= 11 is 0. The number of sulfonamides is 1. The summed E-state index contributed by atoms with van der Waals surface area (Å²) < 4.78 is 38.8. The highest BCUT2D eigenvalue weighted by Gasteiger charge is 2.22. The average molecular weight is 392 g/mol. The van der Waals surface area contributed by atoms with Gasteiger partial charge in [0.2, 0.25) is 15.9 Å². The van der Waals surface area contributed by atoms with E-state index < -0.39 is 10.0 Å². The molecule has 1 amide bonds. The summed E-state index contributed by atoms with van der Waals surface area (Å²) in [6, 6.07) is 9.70. The number of hydrogen-bond acceptors (Lipinski definition) is 3. The summed E-state index contributed by atoms with van der Waals surface area (Å²) in [5.74, 6) is -0.604. The fourth-order valence-corrected chi connectivity index (χ4v) is 4.15. The van der Waals surface area contributed by atoms with Crippen LogP contribution in [0.3, 0.4) is 0 Å². The van der Waals surface area contributed by atoms with Gasteiger partial charge < -0.3 is 5.32 Å². The van der Waals surface area contributed by atoms with Gasteiger partial charge in [-0.05, 0) is 49.6 Å². The number of halogens is 1. The largest absolute Gasteiger partial charge is 0.352 e. The summed E-state index contributed by atoms with van der Waals surface area (Å²) in [5.41, 5.74) is 4.15. The molecule has 2 aromatic rings. The number of amides is 1. The summed E-state index contributed by atoms with van der Waals surface area (Å²) in [7, 11) is -3.53. The molecule has 2 rings (SSSR count). The van der Waals surface area contributed by atoms with Crippen molar-refractivity contribution in [2.75, 3.05) is 17.1 Å². The van der Waals surface area contributed by atoms with Gasteiger partial charge >= 0.3 is 0 Å². The van der Waals surface area contributed by atoms with E-state index in [4.69, 9.17) is 0 Å². The number of hydrogen-bond donors (Lipinski definition) is 1. The van der Waals surface area contributed by atoms with Crippen LogP contribution in [0.4, 0.5) is 10.1 Å². The molecule has 7 heteroatoms. The normalized spacial score (nSPS) is 11.3. The van der Waals surface area contributed by atoms with Crippen molar-refractivity contribution in [2.24, 2.45) is 0 Å². The molecule has 0 saturated carbocycles. The molecule has 27 heavy (non-hydrogen) atoms. The van der Waals surface area contributed by atoms with Crippen LogP contribution in [0.1, 0.15) is 28.7 Å². The van der Waals surface area contributed by atoms with Crippen molar-refractivity contribution in [3.05, 3.63) is 64.5 Å². The molecular weight excluding hydrogens is 367 g/mol. The molecule has 0 radical (unpaired) electrons. The molecule has 0 fully saturated rings. The standard InChI is InChI=1S/C20H25FN2O3S/c1-14-11-15(2)20(16(3)12-14)23(27(4,25)26)10-9-19(24)22-13-17-5-7-18(21)8-6-17/h5-8,11-12H,9-10,13H2,1-4H3,(H,22,24). The zero-order valence-electron chi connectivity index (χ0n) is 16.0. The Balaban J connectivity index is 2.07. The SMILES string of the molecule is Cc1cc(C)c(N(CCC(=O)NCc2ccc(F)cc2)S(C)(=O)=O)c(C)c1. The smallest absolute Gasteiger partial charge is 0.232 e. The molecule has 146 valence electrons. The second-order valence-electron chi connectivity index (χ2n) is 6.74. The maximum absolute atomic E-state index is 12.9. The Morgan fingerprint density at radius 3 is 2.15 bits per heavy atom. The second kappa shape index (κ2) is 8.52. The van der Waals surface area contributed by atoms with Crippen molar-refractivity contribution < 1.29 is 17.6 Å². The van der Waals surface area contributed by atoms with E-state index in [0.717, 1.165) is 28.5 Å². The lowest BCUT2D eigenvalue weighted by Gasteiger charge is -2.26. The van der Waals surface area contributed by atoms with E-state index in [2.05, 4.69) is 5.32 Å². The summed E-state index contributed by atoms with van der Waals surface area (Å²) in [6.45, 7) is 6.00. The molecule has 5 nitrogen and oxygen atoms in total. The Morgan fingerprint density at radius 1 is 1.07 bits per heavy atom. The van der Waals surface area contributed by atoms with Gasteiger partial charge in [-0.2, -0.15) is 0 Å². The molecule has 0 unspecified atom stereocenters. The topological polar surface area (TPSA) is 66.5 Å². The number of carbonyl (C=O) groups is 1. The summed E-state index contributed by atoms with van der Waals surface area (Å²) in [5, 5.41) is 2.73. The Morgan fingerprint density at radius 2 is 1.63 bits per heavy atom. The third-order valence-electron chi connectivity index (χ3n) is 4.23. The van der Waals surface area contributed by atoms with Crippen LogP contribution in [-0.2, 0) is 21.4 Å². The lowest BCUT2D eigenvalue weighted by molar-refractivity contribution is -0.121. The highest BCUT2D eigenvalue weighted by molar-refractivity contribution is 7.92. The number of nitrogens with one attached hydrogen (secondary N) is 1. The van der Waals surface area contributed by atoms with Crippen molar-refractivity contribution in [1.82, 2.24) is 5.32 Å². The van der Waals surface area contributed by atoms with E-state index in [1.807, 2.05) is 32.9 Å². The third kappa shape index (κ3) is 5.79. The van der Waals surface area contributed by atoms with Crippen LogP contribution in [0.2, 0.25) is 0 Å². The van der Waals surface area contributed by atoms with Gasteiger partial charge in [0, 0.05) is 19.5 Å². The number of nitrogens with zero attached hydrogens (tertiary/aromatic N) is 1. The highest BCUT2D eigenvalue weighted by atomic mass is 32.2. The number of anilines is 1. The van der Waals surface area contributed by atoms with E-state index >= 15 is 0 Å². The van der Waals surface area contributed by atoms with E-state index in [1.54, 1.807) is 12.1 Å². The zero-order valence-corrected chi connectivity index (χ0v) is 16.9. The number of aryl methyl sites for hydroxylation is 3. The predicted octanol–water partition coefficient (Wildman–Crippen LogP) is 3.22. The fourth-order valence-electron chi connectivity index (χ4n) is 3.10. The number of carbonyl (C=O) groups excluding carboxylic acids is 1. The lowest BCUT2D eigenvalue weighted by Crippen LogP contribution is -2.35. The number of benzene rings is 2. The van der Waals surface area contributed by atoms with Crippen LogP contribution in [0, 0.1) is 26.6 Å². The van der Waals surface area contributed by atoms with E-state index in [9.17, 15) is 17.6 Å². The van der Waals surface area contributed by atoms with Gasteiger partial charge in [0.1, 0.15) is 5.82 Å². The molecule has 0 aliphatic heterocycles. The molecule has 0 aromatic heterocycles. The van der Waals surface area contributed by atoms with Gasteiger partial charge in [-0.15, -0.1) is 0 Å². The maximum Gasteiger partial charge on any atom is 0.232 e. The van der Waals surface area contributed by atoms with Crippen molar-refractivity contribution in [1.29, 1.82) is 0 Å². The van der Waals surface area contributed by atoms with Crippen molar-refractivity contribution in [3.63, 3.8) is 0 Å². The van der Waals surface area contributed by atoms with Gasteiger partial charge in [0.05, 0.1) is 11.9 Å². The van der Waals surface area contributed by atoms with Gasteiger partial charge in [-0.3, -0.25) is 9.10 Å². The average Bonchev–Trinajstić information content (AvgIpc) is 2.55. The minimum Gasteiger partial charge on any atom is -0.352 e. The van der Waals surface area contributed by atoms with Crippen molar-refractivity contribution in [3.8, 4) is 0 Å². The third-order valence-corrected chi connectivity index (χ3v) is 5.40. The highest BCUT2D eigenvalue weighted by Crippen LogP contribution is 2.28. The Hall–Kier alpha value is -2.41. The van der Waals surface area contributed by atoms with Crippen LogP contribution in [-0.4, -0.2) is 27.1 Å². The summed E-state index contributed by atoms with van der Waals surface area (Å²) in [6.07, 6.45) is 1.17. The van der Waals surface area contributed by atoms with E-state index in [-0.39, 0.29) is 31.2 Å². The van der Waals surface area contributed by atoms with Crippen molar-refractivity contribution in [2.45, 2.75) is 33.7 Å². The van der Waals surface area contributed by atoms with Crippen molar-refractivity contribution >= 4 is 21.6 Å². The first-order valence-electron chi connectivity index (χ1n) is 8.64. The molecule has 0 aliphatic carbocycles. The molecule has 0 aliphatic rings. The molecule has 0 saturated heterocycles. The quantitative estimate of drug-likeness (QED) is 0.787. The monoisotopic (exact) mass is 392 g/mol. The fraction of sp³-hybridized carbons (Fsp3) is 0.350. The summed E-state index contributed by atoms with van der Waals surface area (Å²) in [4.78, 5) is 12.2. The minimum atomic E-state index is -3.53. The molecule has 0 bridgehead atoms. The Kier molecular flexibility index (Phi) is 6.59. The minimum absolute atomic E-state index is 0.0288. The van der Waals surface area contributed by atoms with Crippen LogP contribution in [0.5, 0.6) is 0 Å². The first kappa shape index (κ1) is 20.9. The van der Waals surface area contributed by atoms with Gasteiger partial charge in [-0.25, -0.2) is 12.8 Å². The first-order chi connectivity index (χ1) is 12.6. The van der Waals surface area contributed by atoms with Gasteiger partial charge in [0.15, 0.2) is 0 Å². The predicted molar refractivity (Wildman–Crippen MR) is 106 cm³/mol. The van der Waals surface area contributed by atoms with E-state index in [1.165, 1.54) is 16.4 Å². The van der Waals surface area contributed by atoms with Crippen LogP contribution in [0.15, 0.2) is 36.4 Å². The van der Waals surface area contributed by atoms with Crippen LogP contribution >= 0.6 is 0 Å². The van der Waals surface area contributed by atoms with Gasteiger partial charge in [0.25, 0.3) is 0 Å². The van der Waals surface area contributed by atoms with E-state index in [0.29, 0.717) is 5.69 Å². The van der Waals surface area contributed by atoms with Crippen LogP contribution < -0.4 is 9.62 Å². The molecule has 0 heterocycles. The maximum atomic E-state index is 12.9. The molecule has 0 atom stereocenters. The molecule has 0 spiro atoms.